The van der Waals surface area contributed by atoms with Gasteiger partial charge in [0.2, 0.25) is 0 Å². The fourth-order valence-electron chi connectivity index (χ4n) is 2.07. The Hall–Kier alpha value is -1.79. The highest BCUT2D eigenvalue weighted by Gasteiger charge is 2.05. The average molecular weight is 392 g/mol. The molecule has 2 amide bonds. The highest BCUT2D eigenvalue weighted by atomic mass is 79.9. The molecule has 0 heterocycles. The summed E-state index contributed by atoms with van der Waals surface area (Å²) in [5.74, 6) is 0.873. The summed E-state index contributed by atoms with van der Waals surface area (Å²) in [6, 6.07) is 11.8. The molecule has 0 spiro atoms. The Kier molecular flexibility index (Phi) is 6.24. The van der Waals surface area contributed by atoms with Gasteiger partial charge in [-0.2, -0.15) is 5.10 Å². The van der Waals surface area contributed by atoms with Crippen molar-refractivity contribution in [3.05, 3.63) is 63.1 Å². The average Bonchev–Trinajstić information content (AvgIpc) is 2.49. The van der Waals surface area contributed by atoms with Gasteiger partial charge in [0.05, 0.1) is 6.21 Å². The van der Waals surface area contributed by atoms with E-state index in [2.05, 4.69) is 57.6 Å². The van der Waals surface area contributed by atoms with Crippen LogP contribution >= 0.6 is 27.7 Å². The van der Waals surface area contributed by atoms with E-state index in [1.807, 2.05) is 19.1 Å². The van der Waals surface area contributed by atoms with Crippen molar-refractivity contribution >= 4 is 39.9 Å². The summed E-state index contributed by atoms with van der Waals surface area (Å²) in [5, 5.41) is 3.84. The van der Waals surface area contributed by atoms with Crippen LogP contribution < -0.4 is 11.2 Å². The molecule has 0 saturated heterocycles. The first-order valence-electron chi connectivity index (χ1n) is 7.02. The first-order chi connectivity index (χ1) is 11.0. The van der Waals surface area contributed by atoms with E-state index in [-0.39, 0.29) is 0 Å². The van der Waals surface area contributed by atoms with Crippen molar-refractivity contribution in [1.29, 1.82) is 0 Å². The fraction of sp³-hybridized carbons (Fsp3) is 0.176. The normalized spacial score (nSPS) is 10.9. The van der Waals surface area contributed by atoms with Crippen LogP contribution in [0.4, 0.5) is 4.79 Å². The molecule has 2 aromatic rings. The second-order valence-electron chi connectivity index (χ2n) is 5.11. The molecule has 0 radical (unpaired) electrons. The van der Waals surface area contributed by atoms with Gasteiger partial charge in [0.15, 0.2) is 0 Å². The Labute approximate surface area is 148 Å². The van der Waals surface area contributed by atoms with Crippen LogP contribution in [0, 0.1) is 13.8 Å². The van der Waals surface area contributed by atoms with Gasteiger partial charge < -0.3 is 5.73 Å². The number of amides is 2. The Morgan fingerprint density at radius 1 is 1.26 bits per heavy atom. The molecule has 3 N–H and O–H groups in total. The van der Waals surface area contributed by atoms with Crippen molar-refractivity contribution in [1.82, 2.24) is 5.43 Å². The van der Waals surface area contributed by atoms with Crippen molar-refractivity contribution in [3.8, 4) is 0 Å². The Bertz CT molecular complexity index is 729. The lowest BCUT2D eigenvalue weighted by Crippen LogP contribution is -2.24. The zero-order valence-electron chi connectivity index (χ0n) is 13.0. The first-order valence-corrected chi connectivity index (χ1v) is 8.80. The predicted molar refractivity (Wildman–Crippen MR) is 99.9 cm³/mol. The highest BCUT2D eigenvalue weighted by molar-refractivity contribution is 9.10. The van der Waals surface area contributed by atoms with Gasteiger partial charge >= 0.3 is 6.03 Å². The summed E-state index contributed by atoms with van der Waals surface area (Å²) in [6.45, 7) is 4.12. The minimum atomic E-state index is -0.669. The first kappa shape index (κ1) is 17.6. The van der Waals surface area contributed by atoms with Gasteiger partial charge in [-0.3, -0.25) is 0 Å². The summed E-state index contributed by atoms with van der Waals surface area (Å²) in [6.07, 6.45) is 1.62. The number of urea groups is 1. The van der Waals surface area contributed by atoms with Crippen LogP contribution in [0.2, 0.25) is 0 Å². The van der Waals surface area contributed by atoms with E-state index in [4.69, 9.17) is 5.73 Å². The summed E-state index contributed by atoms with van der Waals surface area (Å²) < 4.78 is 1.08. The SMILES string of the molecule is Cc1cc(C)c(CSc2ccc(Br)cc2)cc1C=NNC(N)=O. The summed E-state index contributed by atoms with van der Waals surface area (Å²) in [5.41, 5.74) is 11.8. The van der Waals surface area contributed by atoms with Crippen LogP contribution in [-0.2, 0) is 5.75 Å². The maximum absolute atomic E-state index is 10.7. The molecule has 0 unspecified atom stereocenters. The molecule has 0 bridgehead atoms. The topological polar surface area (TPSA) is 67.5 Å². The highest BCUT2D eigenvalue weighted by Crippen LogP contribution is 2.27. The molecule has 0 saturated carbocycles. The number of halogens is 1. The van der Waals surface area contributed by atoms with Crippen LogP contribution in [0.15, 0.2) is 50.9 Å². The molecule has 0 aliphatic carbocycles. The van der Waals surface area contributed by atoms with E-state index in [0.717, 1.165) is 21.4 Å². The molecule has 0 aromatic heterocycles. The summed E-state index contributed by atoms with van der Waals surface area (Å²) in [4.78, 5) is 11.9. The lowest BCUT2D eigenvalue weighted by molar-refractivity contribution is 0.249. The van der Waals surface area contributed by atoms with Crippen molar-refractivity contribution in [2.45, 2.75) is 24.5 Å². The molecule has 0 fully saturated rings. The van der Waals surface area contributed by atoms with Crippen molar-refractivity contribution in [2.24, 2.45) is 10.8 Å². The molecule has 0 aliphatic heterocycles. The smallest absolute Gasteiger partial charge is 0.332 e. The Morgan fingerprint density at radius 2 is 1.96 bits per heavy atom. The second-order valence-corrected chi connectivity index (χ2v) is 7.08. The monoisotopic (exact) mass is 391 g/mol. The van der Waals surface area contributed by atoms with Crippen LogP contribution in [-0.4, -0.2) is 12.2 Å². The number of hydrogen-bond donors (Lipinski definition) is 2. The quantitative estimate of drug-likeness (QED) is 0.451. The number of aryl methyl sites for hydroxylation is 2. The Balaban J connectivity index is 2.13. The van der Waals surface area contributed by atoms with Crippen LogP contribution in [0.1, 0.15) is 22.3 Å². The number of primary amides is 1. The van der Waals surface area contributed by atoms with Gasteiger partial charge in [-0.25, -0.2) is 10.2 Å². The largest absolute Gasteiger partial charge is 0.350 e. The number of hydrazone groups is 1. The second kappa shape index (κ2) is 8.17. The maximum atomic E-state index is 10.7. The summed E-state index contributed by atoms with van der Waals surface area (Å²) in [7, 11) is 0. The lowest BCUT2D eigenvalue weighted by atomic mass is 10.0. The number of nitrogens with two attached hydrogens (primary N) is 1. The van der Waals surface area contributed by atoms with Gasteiger partial charge in [-0.15, -0.1) is 11.8 Å². The van der Waals surface area contributed by atoms with E-state index in [0.29, 0.717) is 0 Å². The van der Waals surface area contributed by atoms with Crippen LogP contribution in [0.25, 0.3) is 0 Å². The molecule has 120 valence electrons. The third kappa shape index (κ3) is 5.41. The number of carbonyl (C=O) groups is 1. The number of carbonyl (C=O) groups excluding carboxylic acids is 1. The molecule has 0 atom stereocenters. The van der Waals surface area contributed by atoms with Crippen LogP contribution in [0.5, 0.6) is 0 Å². The number of nitrogens with one attached hydrogen (secondary N) is 1. The fourth-order valence-corrected chi connectivity index (χ4v) is 3.29. The van der Waals surface area contributed by atoms with E-state index >= 15 is 0 Å². The van der Waals surface area contributed by atoms with Gasteiger partial charge in [-0.1, -0.05) is 22.0 Å². The third-order valence-electron chi connectivity index (χ3n) is 3.31. The molecule has 4 nitrogen and oxygen atoms in total. The molecule has 23 heavy (non-hydrogen) atoms. The van der Waals surface area contributed by atoms with E-state index in [9.17, 15) is 4.79 Å². The van der Waals surface area contributed by atoms with E-state index in [1.54, 1.807) is 18.0 Å². The summed E-state index contributed by atoms with van der Waals surface area (Å²) >= 11 is 5.23. The van der Waals surface area contributed by atoms with Gasteiger partial charge in [-0.05, 0) is 66.4 Å². The number of rotatable bonds is 5. The minimum absolute atomic E-state index is 0.669. The molecular weight excluding hydrogens is 374 g/mol. The Morgan fingerprint density at radius 3 is 2.61 bits per heavy atom. The zero-order chi connectivity index (χ0) is 16.8. The van der Waals surface area contributed by atoms with Gasteiger partial charge in [0, 0.05) is 15.1 Å². The minimum Gasteiger partial charge on any atom is -0.350 e. The molecular formula is C17H18BrN3OS. The number of thioether (sulfide) groups is 1. The maximum Gasteiger partial charge on any atom is 0.332 e. The van der Waals surface area contributed by atoms with Gasteiger partial charge in [0.25, 0.3) is 0 Å². The third-order valence-corrected chi connectivity index (χ3v) is 4.90. The van der Waals surface area contributed by atoms with Crippen molar-refractivity contribution in [2.75, 3.05) is 0 Å². The number of benzene rings is 2. The van der Waals surface area contributed by atoms with Crippen LogP contribution in [0.3, 0.4) is 0 Å². The number of nitrogens with zero attached hydrogens (tertiary/aromatic N) is 1. The van der Waals surface area contributed by atoms with Crippen molar-refractivity contribution in [3.63, 3.8) is 0 Å². The zero-order valence-corrected chi connectivity index (χ0v) is 15.4. The predicted octanol–water partition coefficient (Wildman–Crippen LogP) is 4.36. The van der Waals surface area contributed by atoms with E-state index < -0.39 is 6.03 Å². The molecule has 2 rings (SSSR count). The molecule has 6 heteroatoms. The van der Waals surface area contributed by atoms with Gasteiger partial charge in [0.1, 0.15) is 0 Å². The molecule has 2 aromatic carbocycles. The molecule has 0 aliphatic rings. The van der Waals surface area contributed by atoms with E-state index in [1.165, 1.54) is 16.0 Å². The lowest BCUT2D eigenvalue weighted by Gasteiger charge is -2.10. The standard InChI is InChI=1S/C17H18BrN3OS/c1-11-7-12(2)14(8-13(11)9-20-21-17(19)22)10-23-16-5-3-15(18)4-6-16/h3-9H,10H2,1-2H3,(H3,19,21,22). The number of hydrogen-bond acceptors (Lipinski definition) is 3. The van der Waals surface area contributed by atoms with Crippen molar-refractivity contribution < 1.29 is 4.79 Å².